The normalized spacial score (nSPS) is 18.1. The van der Waals surface area contributed by atoms with Crippen LogP contribution >= 0.6 is 0 Å². The molecule has 1 fully saturated rings. The maximum Gasteiger partial charge on any atom is 0.309 e. The molecule has 0 radical (unpaired) electrons. The Kier molecular flexibility index (Phi) is 7.54. The number of nitrogens with zero attached hydrogens (tertiary/aromatic N) is 1. The molecule has 7 nitrogen and oxygen atoms in total. The quantitative estimate of drug-likeness (QED) is 0.694. The van der Waals surface area contributed by atoms with Crippen LogP contribution in [0.2, 0.25) is 0 Å². The lowest BCUT2D eigenvalue weighted by Crippen LogP contribution is -2.47. The number of nitrogens with one attached hydrogen (secondary N) is 2. The molecular weight excluding hydrogens is 385 g/mol. The smallest absolute Gasteiger partial charge is 0.309 e. The molecule has 1 aliphatic heterocycles. The predicted molar refractivity (Wildman–Crippen MR) is 104 cm³/mol. The molecule has 0 aliphatic carbocycles. The Morgan fingerprint density at radius 1 is 1.25 bits per heavy atom. The summed E-state index contributed by atoms with van der Waals surface area (Å²) in [5.74, 6) is -1.88. The van der Waals surface area contributed by atoms with Crippen LogP contribution in [-0.2, 0) is 19.6 Å². The highest BCUT2D eigenvalue weighted by Gasteiger charge is 2.33. The first kappa shape index (κ1) is 22.3. The molecule has 1 aromatic carbocycles. The zero-order valence-corrected chi connectivity index (χ0v) is 17.3. The molecule has 156 valence electrons. The van der Waals surface area contributed by atoms with Gasteiger partial charge in [-0.25, -0.2) is 12.8 Å². The van der Waals surface area contributed by atoms with Crippen LogP contribution < -0.4 is 10.6 Å². The van der Waals surface area contributed by atoms with E-state index in [4.69, 9.17) is 0 Å². The SMILES string of the molecule is Cc1cc(S(=O)(=O)N2CCCC[C@H]2CCNC(=O)C(=O)NC(C)C)ccc1F. The fraction of sp³-hybridized carbons (Fsp3) is 0.579. The molecule has 1 aromatic rings. The van der Waals surface area contributed by atoms with Crippen molar-refractivity contribution in [3.8, 4) is 0 Å². The number of halogens is 1. The van der Waals surface area contributed by atoms with Crippen LogP contribution in [-0.4, -0.2) is 49.7 Å². The van der Waals surface area contributed by atoms with Crippen LogP contribution in [0.4, 0.5) is 4.39 Å². The minimum Gasteiger partial charge on any atom is -0.348 e. The van der Waals surface area contributed by atoms with E-state index in [9.17, 15) is 22.4 Å². The monoisotopic (exact) mass is 413 g/mol. The highest BCUT2D eigenvalue weighted by molar-refractivity contribution is 7.89. The maximum atomic E-state index is 13.5. The lowest BCUT2D eigenvalue weighted by atomic mass is 10.0. The third-order valence-electron chi connectivity index (χ3n) is 4.70. The summed E-state index contributed by atoms with van der Waals surface area (Å²) >= 11 is 0. The summed E-state index contributed by atoms with van der Waals surface area (Å²) in [4.78, 5) is 23.5. The molecule has 0 spiro atoms. The molecule has 28 heavy (non-hydrogen) atoms. The first-order valence-electron chi connectivity index (χ1n) is 9.49. The van der Waals surface area contributed by atoms with Crippen molar-refractivity contribution in [3.05, 3.63) is 29.6 Å². The van der Waals surface area contributed by atoms with E-state index in [0.717, 1.165) is 18.9 Å². The zero-order valence-electron chi connectivity index (χ0n) is 16.5. The molecule has 2 rings (SSSR count). The molecule has 0 unspecified atom stereocenters. The van der Waals surface area contributed by atoms with E-state index < -0.39 is 27.7 Å². The van der Waals surface area contributed by atoms with Gasteiger partial charge in [-0.15, -0.1) is 0 Å². The fourth-order valence-electron chi connectivity index (χ4n) is 3.25. The lowest BCUT2D eigenvalue weighted by molar-refractivity contribution is -0.139. The van der Waals surface area contributed by atoms with E-state index in [2.05, 4.69) is 10.6 Å². The van der Waals surface area contributed by atoms with Gasteiger partial charge in [-0.3, -0.25) is 9.59 Å². The second-order valence-electron chi connectivity index (χ2n) is 7.35. The van der Waals surface area contributed by atoms with Crippen molar-refractivity contribution in [2.75, 3.05) is 13.1 Å². The standard InChI is InChI=1S/C19H28FN3O4S/c1-13(2)22-19(25)18(24)21-10-9-15-6-4-5-11-23(15)28(26,27)16-7-8-17(20)14(3)12-16/h7-8,12-13,15H,4-6,9-11H2,1-3H3,(H,21,24)(H,22,25)/t15-/m0/s1. The second kappa shape index (κ2) is 9.47. The Morgan fingerprint density at radius 2 is 1.96 bits per heavy atom. The molecule has 1 atom stereocenters. The predicted octanol–water partition coefficient (Wildman–Crippen LogP) is 1.71. The van der Waals surface area contributed by atoms with Crippen LogP contribution in [0, 0.1) is 12.7 Å². The molecule has 0 aromatic heterocycles. The van der Waals surface area contributed by atoms with Crippen LogP contribution in [0.15, 0.2) is 23.1 Å². The summed E-state index contributed by atoms with van der Waals surface area (Å²) in [6, 6.07) is 3.36. The van der Waals surface area contributed by atoms with Crippen molar-refractivity contribution < 1.29 is 22.4 Å². The molecule has 1 heterocycles. The zero-order chi connectivity index (χ0) is 20.9. The van der Waals surface area contributed by atoms with E-state index in [1.807, 2.05) is 0 Å². The molecule has 9 heteroatoms. The van der Waals surface area contributed by atoms with Gasteiger partial charge in [-0.2, -0.15) is 4.31 Å². The van der Waals surface area contributed by atoms with Crippen LogP contribution in [0.25, 0.3) is 0 Å². The molecule has 0 saturated carbocycles. The lowest BCUT2D eigenvalue weighted by Gasteiger charge is -2.34. The van der Waals surface area contributed by atoms with E-state index in [1.54, 1.807) is 13.8 Å². The highest BCUT2D eigenvalue weighted by Crippen LogP contribution is 2.27. The van der Waals surface area contributed by atoms with Crippen LogP contribution in [0.5, 0.6) is 0 Å². The number of amides is 2. The summed E-state index contributed by atoms with van der Waals surface area (Å²) in [6.07, 6.45) is 2.72. The highest BCUT2D eigenvalue weighted by atomic mass is 32.2. The number of carbonyl (C=O) groups excluding carboxylic acids is 2. The van der Waals surface area contributed by atoms with Gasteiger partial charge in [0.15, 0.2) is 0 Å². The van der Waals surface area contributed by atoms with Gasteiger partial charge >= 0.3 is 11.8 Å². The van der Waals surface area contributed by atoms with Crippen molar-refractivity contribution in [2.45, 2.75) is 63.4 Å². The Labute approximate surface area is 165 Å². The molecule has 2 amide bonds. The summed E-state index contributed by atoms with van der Waals surface area (Å²) in [5, 5.41) is 5.05. The number of benzene rings is 1. The topological polar surface area (TPSA) is 95.6 Å². The third-order valence-corrected chi connectivity index (χ3v) is 6.65. The van der Waals surface area contributed by atoms with Crippen molar-refractivity contribution in [2.24, 2.45) is 0 Å². The van der Waals surface area contributed by atoms with Gasteiger partial charge in [-0.1, -0.05) is 6.42 Å². The number of sulfonamides is 1. The molecule has 0 bridgehead atoms. The summed E-state index contributed by atoms with van der Waals surface area (Å²) in [7, 11) is -3.76. The largest absolute Gasteiger partial charge is 0.348 e. The van der Waals surface area contributed by atoms with Crippen molar-refractivity contribution >= 4 is 21.8 Å². The first-order chi connectivity index (χ1) is 13.1. The van der Waals surface area contributed by atoms with Crippen molar-refractivity contribution in [1.29, 1.82) is 0 Å². The Morgan fingerprint density at radius 3 is 2.61 bits per heavy atom. The van der Waals surface area contributed by atoms with E-state index in [1.165, 1.54) is 23.4 Å². The maximum absolute atomic E-state index is 13.5. The van der Waals surface area contributed by atoms with Gasteiger partial charge in [-0.05, 0) is 63.8 Å². The van der Waals surface area contributed by atoms with Gasteiger partial charge < -0.3 is 10.6 Å². The van der Waals surface area contributed by atoms with Crippen LogP contribution in [0.3, 0.4) is 0 Å². The number of hydrogen-bond acceptors (Lipinski definition) is 4. The van der Waals surface area contributed by atoms with E-state index in [0.29, 0.717) is 19.4 Å². The summed E-state index contributed by atoms with van der Waals surface area (Å²) < 4.78 is 41.0. The van der Waals surface area contributed by atoms with E-state index in [-0.39, 0.29) is 29.1 Å². The average Bonchev–Trinajstić information content (AvgIpc) is 2.63. The second-order valence-corrected chi connectivity index (χ2v) is 9.24. The van der Waals surface area contributed by atoms with Crippen molar-refractivity contribution in [3.63, 3.8) is 0 Å². The number of rotatable bonds is 6. The molecule has 1 saturated heterocycles. The Hall–Kier alpha value is -2.00. The summed E-state index contributed by atoms with van der Waals surface area (Å²) in [6.45, 7) is 5.62. The van der Waals surface area contributed by atoms with Gasteiger partial charge in [0.25, 0.3) is 0 Å². The first-order valence-corrected chi connectivity index (χ1v) is 10.9. The average molecular weight is 414 g/mol. The molecule has 2 N–H and O–H groups in total. The van der Waals surface area contributed by atoms with Gasteiger partial charge in [0.05, 0.1) is 4.90 Å². The number of piperidine rings is 1. The van der Waals surface area contributed by atoms with Gasteiger partial charge in [0.1, 0.15) is 5.82 Å². The van der Waals surface area contributed by atoms with Gasteiger partial charge in [0, 0.05) is 25.2 Å². The minimum atomic E-state index is -3.76. The number of aryl methyl sites for hydroxylation is 1. The van der Waals surface area contributed by atoms with E-state index >= 15 is 0 Å². The molecular formula is C19H28FN3O4S. The fourth-order valence-corrected chi connectivity index (χ4v) is 5.06. The van der Waals surface area contributed by atoms with Gasteiger partial charge in [0.2, 0.25) is 10.0 Å². The molecule has 1 aliphatic rings. The number of carbonyl (C=O) groups is 2. The van der Waals surface area contributed by atoms with Crippen molar-refractivity contribution in [1.82, 2.24) is 14.9 Å². The minimum absolute atomic E-state index is 0.0682. The number of hydrogen-bond donors (Lipinski definition) is 2. The summed E-state index contributed by atoms with van der Waals surface area (Å²) in [5.41, 5.74) is 0.276. The Balaban J connectivity index is 2.04. The third kappa shape index (κ3) is 5.51. The Bertz CT molecular complexity index is 826. The van der Waals surface area contributed by atoms with Crippen LogP contribution in [0.1, 0.15) is 45.1 Å².